The normalized spacial score (nSPS) is 10.3. The smallest absolute Gasteiger partial charge is 0.227 e. The van der Waals surface area contributed by atoms with Crippen LogP contribution in [0.4, 0.5) is 5.69 Å². The highest BCUT2D eigenvalue weighted by Crippen LogP contribution is 2.29. The van der Waals surface area contributed by atoms with Crippen molar-refractivity contribution in [1.29, 1.82) is 0 Å². The van der Waals surface area contributed by atoms with E-state index in [4.69, 9.17) is 4.74 Å². The predicted octanol–water partition coefficient (Wildman–Crippen LogP) is 4.88. The van der Waals surface area contributed by atoms with E-state index in [9.17, 15) is 4.79 Å². The van der Waals surface area contributed by atoms with Crippen LogP contribution in [0.15, 0.2) is 78.0 Å². The van der Waals surface area contributed by atoms with Crippen LogP contribution in [0.2, 0.25) is 0 Å². The SMILES string of the molecule is CSc1ccc(NC(=O)CCOc2ccccc2-c2ccccc2)cn1. The fourth-order valence-corrected chi connectivity index (χ4v) is 2.86. The average molecular weight is 364 g/mol. The number of aromatic nitrogens is 1. The zero-order valence-corrected chi connectivity index (χ0v) is 15.3. The number of pyridine rings is 1. The van der Waals surface area contributed by atoms with Crippen LogP contribution >= 0.6 is 11.8 Å². The van der Waals surface area contributed by atoms with Gasteiger partial charge in [0.05, 0.1) is 29.9 Å². The van der Waals surface area contributed by atoms with Gasteiger partial charge in [0.15, 0.2) is 0 Å². The van der Waals surface area contributed by atoms with E-state index in [0.29, 0.717) is 12.3 Å². The summed E-state index contributed by atoms with van der Waals surface area (Å²) >= 11 is 1.56. The number of thioether (sulfide) groups is 1. The summed E-state index contributed by atoms with van der Waals surface area (Å²) in [6, 6.07) is 21.6. The van der Waals surface area contributed by atoms with Gasteiger partial charge in [-0.3, -0.25) is 4.79 Å². The highest BCUT2D eigenvalue weighted by Gasteiger charge is 2.07. The minimum atomic E-state index is -0.0964. The molecule has 0 aliphatic rings. The summed E-state index contributed by atoms with van der Waals surface area (Å²) in [4.78, 5) is 16.3. The Morgan fingerprint density at radius 3 is 2.54 bits per heavy atom. The molecule has 1 heterocycles. The van der Waals surface area contributed by atoms with E-state index in [0.717, 1.165) is 21.9 Å². The minimum Gasteiger partial charge on any atom is -0.492 e. The third kappa shape index (κ3) is 4.86. The van der Waals surface area contributed by atoms with Crippen molar-refractivity contribution in [2.75, 3.05) is 18.2 Å². The molecule has 1 N–H and O–H groups in total. The zero-order valence-electron chi connectivity index (χ0n) is 14.5. The molecular formula is C21H20N2O2S. The molecular weight excluding hydrogens is 344 g/mol. The van der Waals surface area contributed by atoms with Crippen LogP contribution in [-0.2, 0) is 4.79 Å². The highest BCUT2D eigenvalue weighted by molar-refractivity contribution is 7.98. The number of carbonyl (C=O) groups excluding carboxylic acids is 1. The number of nitrogens with one attached hydrogen (secondary N) is 1. The summed E-state index contributed by atoms with van der Waals surface area (Å²) in [6.45, 7) is 0.312. The molecule has 0 spiro atoms. The van der Waals surface area contributed by atoms with Crippen molar-refractivity contribution >= 4 is 23.4 Å². The Morgan fingerprint density at radius 2 is 1.81 bits per heavy atom. The summed E-state index contributed by atoms with van der Waals surface area (Å²) in [7, 11) is 0. The van der Waals surface area contributed by atoms with Crippen LogP contribution in [0.1, 0.15) is 6.42 Å². The summed E-state index contributed by atoms with van der Waals surface area (Å²) in [6.07, 6.45) is 3.90. The number of rotatable bonds is 7. The number of nitrogens with zero attached hydrogens (tertiary/aromatic N) is 1. The van der Waals surface area contributed by atoms with Crippen molar-refractivity contribution in [2.24, 2.45) is 0 Å². The van der Waals surface area contributed by atoms with Gasteiger partial charge in [0.1, 0.15) is 5.75 Å². The fraction of sp³-hybridized carbons (Fsp3) is 0.143. The second-order valence-corrected chi connectivity index (χ2v) is 6.42. The lowest BCUT2D eigenvalue weighted by Crippen LogP contribution is -2.15. The third-order valence-corrected chi connectivity index (χ3v) is 4.45. The van der Waals surface area contributed by atoms with Gasteiger partial charge in [-0.25, -0.2) is 4.98 Å². The maximum atomic E-state index is 12.1. The van der Waals surface area contributed by atoms with Crippen LogP contribution in [0, 0.1) is 0 Å². The average Bonchev–Trinajstić information content (AvgIpc) is 2.69. The Bertz CT molecular complexity index is 851. The molecule has 0 aliphatic carbocycles. The van der Waals surface area contributed by atoms with E-state index in [1.165, 1.54) is 0 Å². The number of para-hydroxylation sites is 1. The molecule has 0 saturated carbocycles. The van der Waals surface area contributed by atoms with Crippen molar-refractivity contribution < 1.29 is 9.53 Å². The Labute approximate surface area is 157 Å². The second kappa shape index (κ2) is 9.06. The van der Waals surface area contributed by atoms with Crippen molar-refractivity contribution in [3.8, 4) is 16.9 Å². The summed E-state index contributed by atoms with van der Waals surface area (Å²) < 4.78 is 5.86. The minimum absolute atomic E-state index is 0.0964. The van der Waals surface area contributed by atoms with Gasteiger partial charge in [0, 0.05) is 5.56 Å². The maximum absolute atomic E-state index is 12.1. The van der Waals surface area contributed by atoms with E-state index in [1.54, 1.807) is 18.0 Å². The van der Waals surface area contributed by atoms with E-state index in [-0.39, 0.29) is 12.3 Å². The largest absolute Gasteiger partial charge is 0.492 e. The predicted molar refractivity (Wildman–Crippen MR) is 107 cm³/mol. The van der Waals surface area contributed by atoms with Crippen LogP contribution in [-0.4, -0.2) is 23.8 Å². The fourth-order valence-electron chi connectivity index (χ4n) is 2.50. The molecule has 0 atom stereocenters. The van der Waals surface area contributed by atoms with Crippen molar-refractivity contribution in [3.63, 3.8) is 0 Å². The van der Waals surface area contributed by atoms with Gasteiger partial charge in [0.25, 0.3) is 0 Å². The second-order valence-electron chi connectivity index (χ2n) is 5.60. The quantitative estimate of drug-likeness (QED) is 0.607. The Morgan fingerprint density at radius 1 is 1.04 bits per heavy atom. The molecule has 132 valence electrons. The highest BCUT2D eigenvalue weighted by atomic mass is 32.2. The van der Waals surface area contributed by atoms with Crippen molar-refractivity contribution in [3.05, 3.63) is 72.9 Å². The summed E-state index contributed by atoms with van der Waals surface area (Å²) in [5.41, 5.74) is 2.80. The van der Waals surface area contributed by atoms with Gasteiger partial charge >= 0.3 is 0 Å². The molecule has 1 aromatic heterocycles. The first-order valence-electron chi connectivity index (χ1n) is 8.33. The lowest BCUT2D eigenvalue weighted by Gasteiger charge is -2.12. The van der Waals surface area contributed by atoms with Gasteiger partial charge in [0.2, 0.25) is 5.91 Å². The Hall–Kier alpha value is -2.79. The first kappa shape index (κ1) is 18.0. The topological polar surface area (TPSA) is 51.2 Å². The number of amides is 1. The molecule has 0 bridgehead atoms. The standard InChI is InChI=1S/C21H20N2O2S/c1-26-21-12-11-17(15-22-21)23-20(24)13-14-25-19-10-6-5-9-18(19)16-7-3-2-4-8-16/h2-12,15H,13-14H2,1H3,(H,23,24). The molecule has 26 heavy (non-hydrogen) atoms. The number of ether oxygens (including phenoxy) is 1. The molecule has 5 heteroatoms. The van der Waals surface area contributed by atoms with Gasteiger partial charge in [-0.05, 0) is 30.0 Å². The molecule has 3 rings (SSSR count). The molecule has 0 fully saturated rings. The summed E-state index contributed by atoms with van der Waals surface area (Å²) in [5.74, 6) is 0.679. The lowest BCUT2D eigenvalue weighted by molar-refractivity contribution is -0.116. The molecule has 1 amide bonds. The number of hydrogen-bond acceptors (Lipinski definition) is 4. The third-order valence-electron chi connectivity index (χ3n) is 3.79. The number of anilines is 1. The van der Waals surface area contributed by atoms with E-state index in [2.05, 4.69) is 10.3 Å². The van der Waals surface area contributed by atoms with Crippen molar-refractivity contribution in [1.82, 2.24) is 4.98 Å². The van der Waals surface area contributed by atoms with E-state index in [1.807, 2.05) is 73.0 Å². The zero-order chi connectivity index (χ0) is 18.2. The monoisotopic (exact) mass is 364 g/mol. The molecule has 0 saturated heterocycles. The van der Waals surface area contributed by atoms with Gasteiger partial charge in [-0.2, -0.15) is 0 Å². The molecule has 0 radical (unpaired) electrons. The molecule has 3 aromatic rings. The van der Waals surface area contributed by atoms with Crippen molar-refractivity contribution in [2.45, 2.75) is 11.4 Å². The molecule has 2 aromatic carbocycles. The van der Waals surface area contributed by atoms with Crippen LogP contribution in [0.5, 0.6) is 5.75 Å². The first-order chi connectivity index (χ1) is 12.8. The number of benzene rings is 2. The van der Waals surface area contributed by atoms with Crippen LogP contribution in [0.3, 0.4) is 0 Å². The van der Waals surface area contributed by atoms with Gasteiger partial charge < -0.3 is 10.1 Å². The number of carbonyl (C=O) groups is 1. The Balaban J connectivity index is 1.55. The molecule has 4 nitrogen and oxygen atoms in total. The van der Waals surface area contributed by atoms with Crippen LogP contribution in [0.25, 0.3) is 11.1 Å². The lowest BCUT2D eigenvalue weighted by atomic mass is 10.1. The van der Waals surface area contributed by atoms with E-state index < -0.39 is 0 Å². The maximum Gasteiger partial charge on any atom is 0.227 e. The van der Waals surface area contributed by atoms with Gasteiger partial charge in [-0.1, -0.05) is 48.5 Å². The number of hydrogen-bond donors (Lipinski definition) is 1. The van der Waals surface area contributed by atoms with E-state index >= 15 is 0 Å². The van der Waals surface area contributed by atoms with Gasteiger partial charge in [-0.15, -0.1) is 11.8 Å². The molecule has 0 unspecified atom stereocenters. The Kier molecular flexibility index (Phi) is 6.28. The first-order valence-corrected chi connectivity index (χ1v) is 9.56. The van der Waals surface area contributed by atoms with Crippen LogP contribution < -0.4 is 10.1 Å². The summed E-state index contributed by atoms with van der Waals surface area (Å²) in [5, 5.41) is 3.76. The molecule has 0 aliphatic heterocycles.